The molecule has 3 nitrogen and oxygen atoms in total. The minimum Gasteiger partial charge on any atom is -0.315 e. The van der Waals surface area contributed by atoms with Gasteiger partial charge in [0.15, 0.2) is 0 Å². The van der Waals surface area contributed by atoms with Crippen molar-refractivity contribution in [1.29, 1.82) is 0 Å². The van der Waals surface area contributed by atoms with E-state index in [2.05, 4.69) is 16.0 Å². The van der Waals surface area contributed by atoms with Gasteiger partial charge < -0.3 is 16.0 Å². The highest BCUT2D eigenvalue weighted by Gasteiger charge is 1.91. The van der Waals surface area contributed by atoms with Crippen LogP contribution in [0.2, 0.25) is 0 Å². The Morgan fingerprint density at radius 3 is 2.33 bits per heavy atom. The van der Waals surface area contributed by atoms with Gasteiger partial charge in [-0.25, -0.2) is 0 Å². The molecule has 0 aliphatic carbocycles. The molecule has 1 aliphatic heterocycles. The molecule has 0 saturated carbocycles. The molecular formula is C6H15N3. The zero-order valence-electron chi connectivity index (χ0n) is 5.74. The second-order valence-electron chi connectivity index (χ2n) is 2.28. The predicted octanol–water partition coefficient (Wildman–Crippen LogP) is -0.884. The van der Waals surface area contributed by atoms with Crippen LogP contribution in [0, 0.1) is 0 Å². The van der Waals surface area contributed by atoms with Gasteiger partial charge in [-0.2, -0.15) is 0 Å². The molecule has 0 radical (unpaired) electrons. The van der Waals surface area contributed by atoms with Gasteiger partial charge in [-0.3, -0.25) is 0 Å². The van der Waals surface area contributed by atoms with Gasteiger partial charge in [-0.15, -0.1) is 0 Å². The topological polar surface area (TPSA) is 36.1 Å². The largest absolute Gasteiger partial charge is 0.315 e. The van der Waals surface area contributed by atoms with E-state index in [1.54, 1.807) is 0 Å². The Bertz CT molecular complexity index is 36.8. The molecule has 0 atom stereocenters. The summed E-state index contributed by atoms with van der Waals surface area (Å²) in [5, 5.41) is 9.85. The van der Waals surface area contributed by atoms with Crippen molar-refractivity contribution in [2.75, 3.05) is 32.8 Å². The lowest BCUT2D eigenvalue weighted by Gasteiger charge is -2.00. The van der Waals surface area contributed by atoms with Gasteiger partial charge in [-0.1, -0.05) is 0 Å². The van der Waals surface area contributed by atoms with Gasteiger partial charge in [0.25, 0.3) is 0 Å². The molecule has 1 heterocycles. The minimum atomic E-state index is 0.960. The van der Waals surface area contributed by atoms with E-state index >= 15 is 0 Å². The van der Waals surface area contributed by atoms with Gasteiger partial charge in [0.1, 0.15) is 0 Å². The van der Waals surface area contributed by atoms with Gasteiger partial charge in [0.05, 0.1) is 0 Å². The Morgan fingerprint density at radius 2 is 1.33 bits per heavy atom. The molecule has 0 amide bonds. The first-order chi connectivity index (χ1) is 4.50. The molecule has 1 fully saturated rings. The highest BCUT2D eigenvalue weighted by molar-refractivity contribution is 4.56. The van der Waals surface area contributed by atoms with Crippen LogP contribution in [-0.2, 0) is 0 Å². The van der Waals surface area contributed by atoms with Crippen molar-refractivity contribution in [3.8, 4) is 0 Å². The van der Waals surface area contributed by atoms with Crippen LogP contribution in [-0.4, -0.2) is 32.8 Å². The molecule has 9 heavy (non-hydrogen) atoms. The van der Waals surface area contributed by atoms with E-state index in [4.69, 9.17) is 0 Å². The number of nitrogens with one attached hydrogen (secondary N) is 3. The summed E-state index contributed by atoms with van der Waals surface area (Å²) >= 11 is 0. The lowest BCUT2D eigenvalue weighted by Crippen LogP contribution is -2.31. The molecule has 0 aromatic carbocycles. The quantitative estimate of drug-likeness (QED) is 0.397. The van der Waals surface area contributed by atoms with Crippen LogP contribution in [0.5, 0.6) is 0 Å². The molecule has 0 aromatic heterocycles. The maximum atomic E-state index is 3.32. The van der Waals surface area contributed by atoms with Gasteiger partial charge in [0, 0.05) is 19.8 Å². The van der Waals surface area contributed by atoms with Crippen LogP contribution in [0.25, 0.3) is 0 Å². The lowest BCUT2D eigenvalue weighted by molar-refractivity contribution is 0.601. The summed E-state index contributed by atoms with van der Waals surface area (Å²) in [7, 11) is 0. The van der Waals surface area contributed by atoms with Crippen molar-refractivity contribution in [2.45, 2.75) is 6.42 Å². The van der Waals surface area contributed by atoms with E-state index < -0.39 is 0 Å². The summed E-state index contributed by atoms with van der Waals surface area (Å²) < 4.78 is 0. The first-order valence-corrected chi connectivity index (χ1v) is 3.62. The number of rotatable bonds is 0. The molecule has 1 aliphatic rings. The van der Waals surface area contributed by atoms with Crippen molar-refractivity contribution in [3.63, 3.8) is 0 Å². The fourth-order valence-corrected chi connectivity index (χ4v) is 0.905. The Labute approximate surface area is 56.2 Å². The molecule has 0 unspecified atom stereocenters. The predicted molar refractivity (Wildman–Crippen MR) is 38.4 cm³/mol. The zero-order chi connectivity index (χ0) is 6.36. The summed E-state index contributed by atoms with van der Waals surface area (Å²) in [4.78, 5) is 0. The fraction of sp³-hybridized carbons (Fsp3) is 1.00. The average Bonchev–Trinajstić information content (AvgIpc) is 2.00. The van der Waals surface area contributed by atoms with Crippen molar-refractivity contribution in [2.24, 2.45) is 0 Å². The zero-order valence-corrected chi connectivity index (χ0v) is 5.74. The van der Waals surface area contributed by atoms with E-state index in [0.717, 1.165) is 32.8 Å². The Kier molecular flexibility index (Phi) is 3.68. The van der Waals surface area contributed by atoms with E-state index in [0.29, 0.717) is 0 Å². The summed E-state index contributed by atoms with van der Waals surface area (Å²) in [5.74, 6) is 0. The number of hydrogen-bond donors (Lipinski definition) is 3. The van der Waals surface area contributed by atoms with Crippen LogP contribution in [0.4, 0.5) is 0 Å². The van der Waals surface area contributed by atoms with Crippen LogP contribution in [0.1, 0.15) is 6.42 Å². The molecule has 0 aromatic rings. The molecule has 1 saturated heterocycles. The van der Waals surface area contributed by atoms with Crippen molar-refractivity contribution >= 4 is 0 Å². The van der Waals surface area contributed by atoms with E-state index in [-0.39, 0.29) is 0 Å². The van der Waals surface area contributed by atoms with Crippen molar-refractivity contribution < 1.29 is 0 Å². The average molecular weight is 129 g/mol. The van der Waals surface area contributed by atoms with Crippen molar-refractivity contribution in [1.82, 2.24) is 16.0 Å². The third kappa shape index (κ3) is 3.46. The first kappa shape index (κ1) is 6.99. The standard InChI is InChI=1S/C6H15N3/c1-2-7-4-5-9-6-8-3-1/h7-9H,1-6H2. The monoisotopic (exact) mass is 129 g/mol. The van der Waals surface area contributed by atoms with E-state index in [1.165, 1.54) is 6.42 Å². The SMILES string of the molecule is C1CNCCNCNC1. The second-order valence-corrected chi connectivity index (χ2v) is 2.28. The second kappa shape index (κ2) is 4.73. The molecule has 3 heteroatoms. The van der Waals surface area contributed by atoms with Crippen LogP contribution < -0.4 is 16.0 Å². The number of hydrogen-bond acceptors (Lipinski definition) is 3. The smallest absolute Gasteiger partial charge is 0.0454 e. The Morgan fingerprint density at radius 1 is 0.667 bits per heavy atom. The molecule has 1 rings (SSSR count). The molecular weight excluding hydrogens is 114 g/mol. The maximum Gasteiger partial charge on any atom is 0.0454 e. The van der Waals surface area contributed by atoms with Crippen LogP contribution in [0.15, 0.2) is 0 Å². The first-order valence-electron chi connectivity index (χ1n) is 3.62. The Balaban J connectivity index is 2.02. The summed E-state index contributed by atoms with van der Waals surface area (Å²) in [6.07, 6.45) is 1.24. The molecule has 0 bridgehead atoms. The van der Waals surface area contributed by atoms with E-state index in [1.807, 2.05) is 0 Å². The molecule has 3 N–H and O–H groups in total. The third-order valence-electron chi connectivity index (χ3n) is 1.44. The summed E-state index contributed by atoms with van der Waals surface area (Å²) in [5.41, 5.74) is 0. The van der Waals surface area contributed by atoms with Crippen LogP contribution in [0.3, 0.4) is 0 Å². The molecule has 0 spiro atoms. The van der Waals surface area contributed by atoms with E-state index in [9.17, 15) is 0 Å². The van der Waals surface area contributed by atoms with Crippen molar-refractivity contribution in [3.05, 3.63) is 0 Å². The maximum absolute atomic E-state index is 3.32. The lowest BCUT2D eigenvalue weighted by atomic mass is 10.4. The van der Waals surface area contributed by atoms with Gasteiger partial charge in [0.2, 0.25) is 0 Å². The Hall–Kier alpha value is -0.120. The molecule has 54 valence electrons. The van der Waals surface area contributed by atoms with Gasteiger partial charge >= 0.3 is 0 Å². The minimum absolute atomic E-state index is 0.960. The highest BCUT2D eigenvalue weighted by Crippen LogP contribution is 1.73. The van der Waals surface area contributed by atoms with Crippen LogP contribution >= 0.6 is 0 Å². The highest BCUT2D eigenvalue weighted by atomic mass is 15.1. The van der Waals surface area contributed by atoms with Gasteiger partial charge in [-0.05, 0) is 19.5 Å². The summed E-state index contributed by atoms with van der Waals surface area (Å²) in [6.45, 7) is 5.41. The summed E-state index contributed by atoms with van der Waals surface area (Å²) in [6, 6.07) is 0. The fourth-order valence-electron chi connectivity index (χ4n) is 0.905. The third-order valence-corrected chi connectivity index (χ3v) is 1.44. The normalized spacial score (nSPS) is 24.0.